The molecule has 0 aliphatic carbocycles. The minimum Gasteiger partial charge on any atom is -1.00 e. The van der Waals surface area contributed by atoms with Crippen molar-refractivity contribution >= 4 is 50.1 Å². The number of benzene rings is 6. The average Bonchev–Trinajstić information content (AvgIpc) is 3.01. The van der Waals surface area contributed by atoms with Gasteiger partial charge in [-0.15, -0.1) is 0 Å². The van der Waals surface area contributed by atoms with Crippen LogP contribution in [0.5, 0.6) is 0 Å². The molecule has 6 rings (SSSR count). The summed E-state index contributed by atoms with van der Waals surface area (Å²) in [6.45, 7) is 4.36. The molecule has 6 aromatic carbocycles. The number of hydrogen-bond donors (Lipinski definition) is 2. The Morgan fingerprint density at radius 1 is 0.512 bits per heavy atom. The van der Waals surface area contributed by atoms with E-state index in [-0.39, 0.29) is 20.3 Å². The summed E-state index contributed by atoms with van der Waals surface area (Å²) in [5, 5.41) is 23.4. The zero-order chi connectivity index (χ0) is 28.3. The van der Waals surface area contributed by atoms with E-state index in [9.17, 15) is 10.0 Å². The third kappa shape index (κ3) is 9.20. The van der Waals surface area contributed by atoms with Crippen LogP contribution in [0.4, 0.5) is 0 Å². The second-order valence-corrected chi connectivity index (χ2v) is 10.5. The Balaban J connectivity index is 0.000000251. The van der Waals surface area contributed by atoms with E-state index < -0.39 is 7.12 Å². The van der Waals surface area contributed by atoms with Crippen LogP contribution in [0.15, 0.2) is 138 Å². The van der Waals surface area contributed by atoms with Gasteiger partial charge in [-0.3, -0.25) is 0 Å². The predicted octanol–water partition coefficient (Wildman–Crippen LogP) is 6.38. The van der Waals surface area contributed by atoms with Crippen LogP contribution < -0.4 is 24.3 Å². The first-order chi connectivity index (χ1) is 19.5. The van der Waals surface area contributed by atoms with Crippen molar-refractivity contribution in [1.29, 1.82) is 0 Å². The molecular formula is C36H35BBrLiO2. The molecule has 0 radical (unpaired) electrons. The smallest absolute Gasteiger partial charge is 1.00 e. The molecule has 0 fully saturated rings. The molecule has 0 aliphatic heterocycles. The summed E-state index contributed by atoms with van der Waals surface area (Å²) in [7, 11) is -1.43. The molecule has 5 heteroatoms. The summed E-state index contributed by atoms with van der Waals surface area (Å²) in [4.78, 5) is 0. The van der Waals surface area contributed by atoms with Crippen LogP contribution in [0.25, 0.3) is 43.8 Å². The number of unbranched alkanes of at least 4 members (excludes halogenated alkanes) is 1. The number of rotatable bonds is 4. The summed E-state index contributed by atoms with van der Waals surface area (Å²) in [6, 6.07) is 45.1. The number of hydrogen-bond acceptors (Lipinski definition) is 2. The SMILES string of the molecule is Brc1cccc(-c2ccc3ccccc3c2)c1.CCCC.OB(O)c1cccc(-c2ccc3ccccc3c2)c1.[H-].[Li+]. The minimum atomic E-state index is -1.43. The van der Waals surface area contributed by atoms with Gasteiger partial charge in [0.05, 0.1) is 0 Å². The van der Waals surface area contributed by atoms with E-state index in [4.69, 9.17) is 0 Å². The molecule has 41 heavy (non-hydrogen) atoms. The Morgan fingerprint density at radius 3 is 1.41 bits per heavy atom. The largest absolute Gasteiger partial charge is 1.00 e. The van der Waals surface area contributed by atoms with Gasteiger partial charge < -0.3 is 11.5 Å². The van der Waals surface area contributed by atoms with Crippen molar-refractivity contribution in [3.8, 4) is 22.3 Å². The minimum absolute atomic E-state index is 0. The number of fused-ring (bicyclic) bond motifs is 2. The molecule has 2 N–H and O–H groups in total. The molecule has 0 saturated carbocycles. The third-order valence-corrected chi connectivity index (χ3v) is 7.17. The average molecular weight is 597 g/mol. The van der Waals surface area contributed by atoms with Crippen molar-refractivity contribution in [2.24, 2.45) is 0 Å². The Kier molecular flexibility index (Phi) is 12.9. The van der Waals surface area contributed by atoms with Crippen molar-refractivity contribution in [2.45, 2.75) is 26.7 Å². The molecule has 0 aromatic heterocycles. The maximum atomic E-state index is 9.22. The molecule has 0 saturated heterocycles. The van der Waals surface area contributed by atoms with E-state index in [0.29, 0.717) is 5.46 Å². The maximum absolute atomic E-state index is 9.22. The van der Waals surface area contributed by atoms with Crippen LogP contribution in [0.3, 0.4) is 0 Å². The van der Waals surface area contributed by atoms with Gasteiger partial charge >= 0.3 is 26.0 Å². The van der Waals surface area contributed by atoms with E-state index in [1.165, 1.54) is 45.5 Å². The van der Waals surface area contributed by atoms with Gasteiger partial charge in [-0.05, 0) is 73.5 Å². The Bertz CT molecular complexity index is 1690. The normalized spacial score (nSPS) is 10.1. The van der Waals surface area contributed by atoms with Gasteiger partial charge in [0.1, 0.15) is 0 Å². The van der Waals surface area contributed by atoms with E-state index in [1.807, 2.05) is 36.4 Å². The van der Waals surface area contributed by atoms with E-state index in [0.717, 1.165) is 15.6 Å². The van der Waals surface area contributed by atoms with Crippen molar-refractivity contribution in [2.75, 3.05) is 0 Å². The van der Waals surface area contributed by atoms with Gasteiger partial charge in [0.15, 0.2) is 0 Å². The van der Waals surface area contributed by atoms with Crippen LogP contribution in [-0.2, 0) is 0 Å². The molecule has 0 atom stereocenters. The fraction of sp³-hybridized carbons (Fsp3) is 0.111. The van der Waals surface area contributed by atoms with Crippen LogP contribution in [0, 0.1) is 0 Å². The molecule has 2 nitrogen and oxygen atoms in total. The summed E-state index contributed by atoms with van der Waals surface area (Å²) >= 11 is 3.51. The molecule has 0 amide bonds. The maximum Gasteiger partial charge on any atom is 1.00 e. The summed E-state index contributed by atoms with van der Waals surface area (Å²) in [6.07, 6.45) is 2.64. The van der Waals surface area contributed by atoms with Crippen LogP contribution in [0.1, 0.15) is 28.1 Å². The summed E-state index contributed by atoms with van der Waals surface area (Å²) in [5.41, 5.74) is 5.05. The monoisotopic (exact) mass is 596 g/mol. The second-order valence-electron chi connectivity index (χ2n) is 9.63. The van der Waals surface area contributed by atoms with Crippen molar-refractivity contribution in [1.82, 2.24) is 0 Å². The second kappa shape index (κ2) is 16.4. The number of halogens is 1. The summed E-state index contributed by atoms with van der Waals surface area (Å²) in [5.74, 6) is 0. The Morgan fingerprint density at radius 2 is 0.951 bits per heavy atom. The van der Waals surface area contributed by atoms with Crippen LogP contribution in [-0.4, -0.2) is 17.2 Å². The topological polar surface area (TPSA) is 40.5 Å². The van der Waals surface area contributed by atoms with E-state index >= 15 is 0 Å². The zero-order valence-electron chi connectivity index (χ0n) is 25.0. The standard InChI is InChI=1S/C16H13BO2.C16H11Br.C4H10.Li.H/c18-17(19)16-7-3-6-14(11-16)15-9-8-12-4-1-2-5-13(12)10-15;17-16-7-3-6-14(11-16)15-9-8-12-4-1-2-5-13(12)10-15;1-3-4-2;;/h1-11,18-19H;1-11H;3-4H2,1-2H3;;/q;;;+1;-1. The molecule has 0 bridgehead atoms. The molecule has 6 aromatic rings. The molecule has 0 unspecified atom stereocenters. The molecule has 0 heterocycles. The molecule has 202 valence electrons. The van der Waals surface area contributed by atoms with Crippen LogP contribution in [0.2, 0.25) is 0 Å². The van der Waals surface area contributed by atoms with Gasteiger partial charge in [0.2, 0.25) is 0 Å². The first-order valence-electron chi connectivity index (χ1n) is 13.7. The first-order valence-corrected chi connectivity index (χ1v) is 14.5. The van der Waals surface area contributed by atoms with Gasteiger partial charge in [0.25, 0.3) is 0 Å². The van der Waals surface area contributed by atoms with Gasteiger partial charge in [-0.2, -0.15) is 0 Å². The summed E-state index contributed by atoms with van der Waals surface area (Å²) < 4.78 is 1.11. The molecule has 0 spiro atoms. The quantitative estimate of drug-likeness (QED) is 0.232. The fourth-order valence-electron chi connectivity index (χ4n) is 4.28. The van der Waals surface area contributed by atoms with Gasteiger partial charge in [0, 0.05) is 4.47 Å². The van der Waals surface area contributed by atoms with Crippen molar-refractivity contribution in [3.05, 3.63) is 138 Å². The zero-order valence-corrected chi connectivity index (χ0v) is 25.6. The van der Waals surface area contributed by atoms with Gasteiger partial charge in [-0.25, -0.2) is 0 Å². The van der Waals surface area contributed by atoms with Crippen molar-refractivity contribution in [3.63, 3.8) is 0 Å². The van der Waals surface area contributed by atoms with Gasteiger partial charge in [-0.1, -0.05) is 152 Å². The predicted molar refractivity (Wildman–Crippen MR) is 178 cm³/mol. The fourth-order valence-corrected chi connectivity index (χ4v) is 4.68. The first kappa shape index (κ1) is 32.4. The van der Waals surface area contributed by atoms with Crippen LogP contribution >= 0.6 is 15.9 Å². The third-order valence-electron chi connectivity index (χ3n) is 6.67. The Labute approximate surface area is 266 Å². The molecule has 0 aliphatic rings. The van der Waals surface area contributed by atoms with E-state index in [1.54, 1.807) is 12.1 Å². The van der Waals surface area contributed by atoms with Crippen molar-refractivity contribution < 1.29 is 30.3 Å². The molecular weight excluding hydrogens is 562 g/mol. The Hall–Kier alpha value is -3.10. The van der Waals surface area contributed by atoms with E-state index in [2.05, 4.69) is 115 Å².